The quantitative estimate of drug-likeness (QED) is 0.847. The van der Waals surface area contributed by atoms with Gasteiger partial charge in [-0.3, -0.25) is 4.79 Å². The van der Waals surface area contributed by atoms with Gasteiger partial charge in [0, 0.05) is 23.5 Å². The maximum absolute atomic E-state index is 12.9. The Hall–Kier alpha value is -0.920. The summed E-state index contributed by atoms with van der Waals surface area (Å²) in [5.74, 6) is -0.129. The zero-order valence-corrected chi connectivity index (χ0v) is 15.7. The predicted molar refractivity (Wildman–Crippen MR) is 93.0 cm³/mol. The van der Waals surface area contributed by atoms with Gasteiger partial charge in [0.05, 0.1) is 5.69 Å². The Morgan fingerprint density at radius 2 is 1.96 bits per heavy atom. The average molecular weight is 401 g/mol. The molecule has 1 aliphatic carbocycles. The largest absolute Gasteiger partial charge is 0.308 e. The normalized spacial score (nSPS) is 21.7. The maximum Gasteiger partial charge on any atom is 0.242 e. The van der Waals surface area contributed by atoms with Gasteiger partial charge < -0.3 is 4.90 Å². The number of nitrogens with zero attached hydrogens (tertiary/aromatic N) is 1. The van der Waals surface area contributed by atoms with Crippen LogP contribution in [0.4, 0.5) is 5.69 Å². The van der Waals surface area contributed by atoms with Crippen LogP contribution in [0.25, 0.3) is 0 Å². The number of amides is 1. The van der Waals surface area contributed by atoms with Gasteiger partial charge in [0.25, 0.3) is 0 Å². The number of rotatable bonds is 3. The number of hydrogen-bond acceptors (Lipinski definition) is 3. The molecule has 3 rings (SSSR count). The average Bonchev–Trinajstić information content (AvgIpc) is 3.03. The molecule has 0 aromatic heterocycles. The third kappa shape index (κ3) is 3.19. The molecule has 1 aliphatic heterocycles. The van der Waals surface area contributed by atoms with Crippen molar-refractivity contribution < 1.29 is 13.2 Å². The molecule has 0 saturated heterocycles. The summed E-state index contributed by atoms with van der Waals surface area (Å²) in [5, 5.41) is 0. The summed E-state index contributed by atoms with van der Waals surface area (Å²) < 4.78 is 29.3. The maximum atomic E-state index is 12.9. The van der Waals surface area contributed by atoms with E-state index in [2.05, 4.69) is 20.7 Å². The van der Waals surface area contributed by atoms with E-state index in [0.717, 1.165) is 35.7 Å². The standard InChI is InChI=1S/C16H21BrN2O3S/c1-10-7-12-8-13(17)9-15(16(12)19(10)11(2)20)23(21,22)18-14-5-3-4-6-14/h8-10,14,18H,3-7H2,1-2H3. The molecule has 126 valence electrons. The molecule has 1 N–H and O–H groups in total. The molecule has 1 fully saturated rings. The molecule has 1 aromatic carbocycles. The van der Waals surface area contributed by atoms with Crippen LogP contribution in [0.15, 0.2) is 21.5 Å². The molecule has 5 nitrogen and oxygen atoms in total. The Bertz CT molecular complexity index is 742. The van der Waals surface area contributed by atoms with Crippen LogP contribution in [0.1, 0.15) is 45.1 Å². The number of carbonyl (C=O) groups excluding carboxylic acids is 1. The Balaban J connectivity index is 2.07. The SMILES string of the molecule is CC(=O)N1c2c(cc(Br)cc2S(=O)(=O)NC2CCCC2)CC1C. The van der Waals surface area contributed by atoms with Crippen molar-refractivity contribution in [1.82, 2.24) is 4.72 Å². The van der Waals surface area contributed by atoms with Crippen molar-refractivity contribution in [2.24, 2.45) is 0 Å². The van der Waals surface area contributed by atoms with Crippen LogP contribution in [-0.4, -0.2) is 26.4 Å². The van der Waals surface area contributed by atoms with Crippen LogP contribution in [0, 0.1) is 0 Å². The van der Waals surface area contributed by atoms with Crippen LogP contribution in [0.3, 0.4) is 0 Å². The zero-order chi connectivity index (χ0) is 16.8. The van der Waals surface area contributed by atoms with Crippen LogP contribution in [0.5, 0.6) is 0 Å². The molecule has 23 heavy (non-hydrogen) atoms. The van der Waals surface area contributed by atoms with E-state index in [1.165, 1.54) is 6.92 Å². The van der Waals surface area contributed by atoms with E-state index < -0.39 is 10.0 Å². The minimum atomic E-state index is -3.66. The minimum absolute atomic E-state index is 0.000707. The van der Waals surface area contributed by atoms with E-state index in [4.69, 9.17) is 0 Å². The fraction of sp³-hybridized carbons (Fsp3) is 0.562. The number of anilines is 1. The van der Waals surface area contributed by atoms with E-state index >= 15 is 0 Å². The Kier molecular flexibility index (Phi) is 4.55. The second-order valence-corrected chi connectivity index (χ2v) is 9.05. The van der Waals surface area contributed by atoms with E-state index in [1.54, 1.807) is 11.0 Å². The van der Waals surface area contributed by atoms with Gasteiger partial charge in [-0.15, -0.1) is 0 Å². The number of nitrogens with one attached hydrogen (secondary N) is 1. The summed E-state index contributed by atoms with van der Waals surface area (Å²) in [6.45, 7) is 3.42. The molecular formula is C16H21BrN2O3S. The lowest BCUT2D eigenvalue weighted by Gasteiger charge is -2.24. The van der Waals surface area contributed by atoms with Gasteiger partial charge in [-0.05, 0) is 43.9 Å². The molecule has 0 spiro atoms. The lowest BCUT2D eigenvalue weighted by atomic mass is 10.1. The predicted octanol–water partition coefficient (Wildman–Crippen LogP) is 2.97. The number of benzene rings is 1. The van der Waals surface area contributed by atoms with Gasteiger partial charge >= 0.3 is 0 Å². The van der Waals surface area contributed by atoms with Gasteiger partial charge in [0.15, 0.2) is 0 Å². The highest BCUT2D eigenvalue weighted by molar-refractivity contribution is 9.10. The second kappa shape index (κ2) is 6.18. The van der Waals surface area contributed by atoms with Crippen molar-refractivity contribution in [3.63, 3.8) is 0 Å². The highest BCUT2D eigenvalue weighted by Crippen LogP contribution is 2.40. The lowest BCUT2D eigenvalue weighted by Crippen LogP contribution is -2.37. The lowest BCUT2D eigenvalue weighted by molar-refractivity contribution is -0.116. The minimum Gasteiger partial charge on any atom is -0.308 e. The molecule has 1 heterocycles. The Morgan fingerprint density at radius 3 is 2.57 bits per heavy atom. The van der Waals surface area contributed by atoms with Gasteiger partial charge in [0.1, 0.15) is 4.90 Å². The van der Waals surface area contributed by atoms with E-state index in [9.17, 15) is 13.2 Å². The summed E-state index contributed by atoms with van der Waals surface area (Å²) in [4.78, 5) is 13.8. The summed E-state index contributed by atoms with van der Waals surface area (Å²) in [6.07, 6.45) is 4.53. The molecule has 2 aliphatic rings. The van der Waals surface area contributed by atoms with Crippen molar-refractivity contribution >= 4 is 37.5 Å². The van der Waals surface area contributed by atoms with Gasteiger partial charge in [-0.25, -0.2) is 13.1 Å². The van der Waals surface area contributed by atoms with E-state index in [1.807, 2.05) is 13.0 Å². The van der Waals surface area contributed by atoms with Crippen molar-refractivity contribution in [2.45, 2.75) is 62.9 Å². The van der Waals surface area contributed by atoms with Crippen LogP contribution in [-0.2, 0) is 21.2 Å². The number of carbonyl (C=O) groups is 1. The molecule has 1 aromatic rings. The van der Waals surface area contributed by atoms with Crippen molar-refractivity contribution in [1.29, 1.82) is 0 Å². The smallest absolute Gasteiger partial charge is 0.242 e. The molecule has 1 unspecified atom stereocenters. The fourth-order valence-corrected chi connectivity index (χ4v) is 5.91. The first-order valence-electron chi connectivity index (χ1n) is 7.94. The molecule has 1 saturated carbocycles. The molecule has 7 heteroatoms. The number of fused-ring (bicyclic) bond motifs is 1. The summed E-state index contributed by atoms with van der Waals surface area (Å²) in [5.41, 5.74) is 1.44. The molecule has 1 amide bonds. The summed E-state index contributed by atoms with van der Waals surface area (Å²) in [6, 6.07) is 3.48. The summed E-state index contributed by atoms with van der Waals surface area (Å²) >= 11 is 3.40. The van der Waals surface area contributed by atoms with E-state index in [-0.39, 0.29) is 22.9 Å². The van der Waals surface area contributed by atoms with Crippen molar-refractivity contribution in [3.05, 3.63) is 22.2 Å². The van der Waals surface area contributed by atoms with Crippen LogP contribution < -0.4 is 9.62 Å². The van der Waals surface area contributed by atoms with Crippen molar-refractivity contribution in [2.75, 3.05) is 4.90 Å². The number of hydrogen-bond donors (Lipinski definition) is 1. The van der Waals surface area contributed by atoms with E-state index in [0.29, 0.717) is 12.1 Å². The highest BCUT2D eigenvalue weighted by atomic mass is 79.9. The van der Waals surface area contributed by atoms with Gasteiger partial charge in [-0.1, -0.05) is 28.8 Å². The van der Waals surface area contributed by atoms with Crippen LogP contribution in [0.2, 0.25) is 0 Å². The van der Waals surface area contributed by atoms with Crippen LogP contribution >= 0.6 is 15.9 Å². The van der Waals surface area contributed by atoms with Crippen molar-refractivity contribution in [3.8, 4) is 0 Å². The summed E-state index contributed by atoms with van der Waals surface area (Å²) in [7, 11) is -3.66. The third-order valence-corrected chi connectivity index (χ3v) is 6.61. The first-order valence-corrected chi connectivity index (χ1v) is 10.2. The molecular weight excluding hydrogens is 380 g/mol. The van der Waals surface area contributed by atoms with Gasteiger partial charge in [-0.2, -0.15) is 0 Å². The third-order valence-electron chi connectivity index (χ3n) is 4.62. The second-order valence-electron chi connectivity index (χ2n) is 6.46. The highest BCUT2D eigenvalue weighted by Gasteiger charge is 2.36. The fourth-order valence-electron chi connectivity index (χ4n) is 3.69. The first kappa shape index (κ1) is 16.9. The Morgan fingerprint density at radius 1 is 1.30 bits per heavy atom. The zero-order valence-electron chi connectivity index (χ0n) is 13.3. The topological polar surface area (TPSA) is 66.5 Å². The monoisotopic (exact) mass is 400 g/mol. The Labute approximate surface area is 145 Å². The number of sulfonamides is 1. The van der Waals surface area contributed by atoms with Gasteiger partial charge in [0.2, 0.25) is 15.9 Å². The number of halogens is 1. The first-order chi connectivity index (χ1) is 10.8. The molecule has 0 bridgehead atoms. The molecule has 1 atom stereocenters. The molecule has 0 radical (unpaired) electrons.